The van der Waals surface area contributed by atoms with Crippen LogP contribution in [-0.4, -0.2) is 27.8 Å². The van der Waals surface area contributed by atoms with Gasteiger partial charge in [-0.1, -0.05) is 24.3 Å². The summed E-state index contributed by atoms with van der Waals surface area (Å²) in [5, 5.41) is 3.10. The first-order chi connectivity index (χ1) is 7.51. The Morgan fingerprint density at radius 3 is 2.69 bits per heavy atom. The van der Waals surface area contributed by atoms with Gasteiger partial charge in [-0.05, 0) is 18.2 Å². The van der Waals surface area contributed by atoms with Crippen molar-refractivity contribution in [2.75, 3.05) is 13.3 Å². The molecule has 2 unspecified atom stereocenters. The average molecular weight is 241 g/mol. The second-order valence-corrected chi connectivity index (χ2v) is 5.61. The molecule has 5 heteroatoms. The number of hydrogen-bond donors (Lipinski definition) is 1. The Labute approximate surface area is 95.7 Å². The lowest BCUT2D eigenvalue weighted by atomic mass is 10.1. The predicted octanol–water partition coefficient (Wildman–Crippen LogP) is 0.848. The molecule has 0 bridgehead atoms. The van der Waals surface area contributed by atoms with Gasteiger partial charge in [0.05, 0.1) is 12.3 Å². The van der Waals surface area contributed by atoms with Gasteiger partial charge < -0.3 is 5.32 Å². The number of rotatable bonds is 3. The summed E-state index contributed by atoms with van der Waals surface area (Å²) in [5.41, 5.74) is 2.27. The summed E-state index contributed by atoms with van der Waals surface area (Å²) in [5.74, 6) is 0. The highest BCUT2D eigenvalue weighted by molar-refractivity contribution is 7.86. The highest BCUT2D eigenvalue weighted by Crippen LogP contribution is 2.33. The number of fused-ring (bicyclic) bond motifs is 1. The fourth-order valence-corrected chi connectivity index (χ4v) is 2.84. The molecule has 1 aromatic carbocycles. The highest BCUT2D eigenvalue weighted by atomic mass is 32.2. The molecule has 0 radical (unpaired) electrons. The minimum atomic E-state index is -3.41. The van der Waals surface area contributed by atoms with Crippen molar-refractivity contribution >= 4 is 10.1 Å². The molecule has 0 heterocycles. The third kappa shape index (κ3) is 2.26. The fraction of sp³-hybridized carbons (Fsp3) is 0.455. The highest BCUT2D eigenvalue weighted by Gasteiger charge is 2.34. The summed E-state index contributed by atoms with van der Waals surface area (Å²) < 4.78 is 27.4. The molecule has 88 valence electrons. The normalized spacial score (nSPS) is 24.4. The van der Waals surface area contributed by atoms with Crippen LogP contribution < -0.4 is 5.32 Å². The lowest BCUT2D eigenvalue weighted by molar-refractivity contribution is 0.180. The maximum Gasteiger partial charge on any atom is 0.264 e. The second kappa shape index (κ2) is 4.16. The van der Waals surface area contributed by atoms with Crippen molar-refractivity contribution in [1.29, 1.82) is 0 Å². The van der Waals surface area contributed by atoms with Crippen molar-refractivity contribution in [1.82, 2.24) is 5.32 Å². The molecule has 4 nitrogen and oxygen atoms in total. The van der Waals surface area contributed by atoms with E-state index in [1.807, 2.05) is 31.3 Å². The maximum atomic E-state index is 11.1. The lowest BCUT2D eigenvalue weighted by Gasteiger charge is -2.18. The van der Waals surface area contributed by atoms with E-state index in [1.165, 1.54) is 0 Å². The SMILES string of the molecule is CNC1c2ccccc2CC1OS(C)(=O)=O. The zero-order valence-corrected chi connectivity index (χ0v) is 10.1. The van der Waals surface area contributed by atoms with Crippen LogP contribution in [0.15, 0.2) is 24.3 Å². The first-order valence-corrected chi connectivity index (χ1v) is 6.96. The lowest BCUT2D eigenvalue weighted by Crippen LogP contribution is -2.30. The Balaban J connectivity index is 2.28. The van der Waals surface area contributed by atoms with Gasteiger partial charge in [-0.25, -0.2) is 0 Å². The Hall–Kier alpha value is -0.910. The van der Waals surface area contributed by atoms with Crippen LogP contribution >= 0.6 is 0 Å². The largest absolute Gasteiger partial charge is 0.311 e. The van der Waals surface area contributed by atoms with Crippen LogP contribution in [0.3, 0.4) is 0 Å². The number of nitrogens with one attached hydrogen (secondary N) is 1. The van der Waals surface area contributed by atoms with Gasteiger partial charge in [0.15, 0.2) is 0 Å². The molecule has 0 amide bonds. The fourth-order valence-electron chi connectivity index (χ4n) is 2.21. The van der Waals surface area contributed by atoms with Crippen LogP contribution in [-0.2, 0) is 20.7 Å². The quantitative estimate of drug-likeness (QED) is 0.797. The summed E-state index contributed by atoms with van der Waals surface area (Å²) in [4.78, 5) is 0. The molecule has 0 aromatic heterocycles. The van der Waals surface area contributed by atoms with Gasteiger partial charge in [-0.3, -0.25) is 4.18 Å². The predicted molar refractivity (Wildman–Crippen MR) is 61.7 cm³/mol. The molecular formula is C11H15NO3S. The molecule has 0 saturated heterocycles. The molecule has 1 N–H and O–H groups in total. The molecule has 2 atom stereocenters. The van der Waals surface area contributed by atoms with Crippen LogP contribution in [0.25, 0.3) is 0 Å². The molecule has 0 aliphatic heterocycles. The summed E-state index contributed by atoms with van der Waals surface area (Å²) in [6, 6.07) is 7.86. The molecule has 2 rings (SSSR count). The maximum absolute atomic E-state index is 11.1. The van der Waals surface area contributed by atoms with Crippen molar-refractivity contribution in [2.24, 2.45) is 0 Å². The third-order valence-corrected chi connectivity index (χ3v) is 3.39. The number of likely N-dealkylation sites (N-methyl/N-ethyl adjacent to an activating group) is 1. The monoisotopic (exact) mass is 241 g/mol. The van der Waals surface area contributed by atoms with Crippen molar-refractivity contribution in [3.05, 3.63) is 35.4 Å². The third-order valence-electron chi connectivity index (χ3n) is 2.79. The van der Waals surface area contributed by atoms with E-state index in [-0.39, 0.29) is 12.1 Å². The van der Waals surface area contributed by atoms with E-state index in [1.54, 1.807) is 0 Å². The van der Waals surface area contributed by atoms with Crippen LogP contribution in [0.4, 0.5) is 0 Å². The van der Waals surface area contributed by atoms with Crippen LogP contribution in [0, 0.1) is 0 Å². The van der Waals surface area contributed by atoms with E-state index < -0.39 is 10.1 Å². The molecule has 0 spiro atoms. The van der Waals surface area contributed by atoms with Gasteiger partial charge in [0.2, 0.25) is 0 Å². The van der Waals surface area contributed by atoms with Crippen LogP contribution in [0.2, 0.25) is 0 Å². The molecule has 1 aliphatic rings. The van der Waals surface area contributed by atoms with Crippen molar-refractivity contribution in [3.8, 4) is 0 Å². The van der Waals surface area contributed by atoms with E-state index >= 15 is 0 Å². The van der Waals surface area contributed by atoms with Gasteiger partial charge in [0.1, 0.15) is 6.10 Å². The number of benzene rings is 1. The smallest absolute Gasteiger partial charge is 0.264 e. The zero-order valence-electron chi connectivity index (χ0n) is 9.30. The van der Waals surface area contributed by atoms with Crippen LogP contribution in [0.5, 0.6) is 0 Å². The zero-order chi connectivity index (χ0) is 11.8. The molecule has 0 saturated carbocycles. The van der Waals surface area contributed by atoms with Gasteiger partial charge >= 0.3 is 0 Å². The van der Waals surface area contributed by atoms with E-state index in [9.17, 15) is 8.42 Å². The Bertz CT molecular complexity index is 484. The second-order valence-electron chi connectivity index (χ2n) is 4.01. The van der Waals surface area contributed by atoms with Gasteiger partial charge in [-0.2, -0.15) is 8.42 Å². The first-order valence-electron chi connectivity index (χ1n) is 5.14. The van der Waals surface area contributed by atoms with Crippen LogP contribution in [0.1, 0.15) is 17.2 Å². The topological polar surface area (TPSA) is 55.4 Å². The summed E-state index contributed by atoms with van der Waals surface area (Å²) in [6.07, 6.45) is 1.38. The van der Waals surface area contributed by atoms with Crippen molar-refractivity contribution in [2.45, 2.75) is 18.6 Å². The molecule has 16 heavy (non-hydrogen) atoms. The summed E-state index contributed by atoms with van der Waals surface area (Å²) in [7, 11) is -1.60. The average Bonchev–Trinajstić information content (AvgIpc) is 2.51. The Morgan fingerprint density at radius 1 is 1.38 bits per heavy atom. The number of hydrogen-bond acceptors (Lipinski definition) is 4. The summed E-state index contributed by atoms with van der Waals surface area (Å²) >= 11 is 0. The van der Waals surface area contributed by atoms with Crippen molar-refractivity contribution in [3.63, 3.8) is 0 Å². The minimum Gasteiger partial charge on any atom is -0.311 e. The van der Waals surface area contributed by atoms with E-state index in [0.717, 1.165) is 17.4 Å². The minimum absolute atomic E-state index is 0.0501. The Kier molecular flexibility index (Phi) is 3.01. The van der Waals surface area contributed by atoms with Crippen molar-refractivity contribution < 1.29 is 12.6 Å². The Morgan fingerprint density at radius 2 is 2.06 bits per heavy atom. The summed E-state index contributed by atoms with van der Waals surface area (Å²) in [6.45, 7) is 0. The molecule has 1 aromatic rings. The van der Waals surface area contributed by atoms with E-state index in [0.29, 0.717) is 6.42 Å². The standard InChI is InChI=1S/C11H15NO3S/c1-12-11-9-6-4-3-5-8(9)7-10(11)15-16(2,13)14/h3-6,10-12H,7H2,1-2H3. The molecular weight excluding hydrogens is 226 g/mol. The van der Waals surface area contributed by atoms with Gasteiger partial charge in [-0.15, -0.1) is 0 Å². The molecule has 0 fully saturated rings. The van der Waals surface area contributed by atoms with E-state index in [2.05, 4.69) is 5.32 Å². The van der Waals surface area contributed by atoms with E-state index in [4.69, 9.17) is 4.18 Å². The first kappa shape index (κ1) is 11.6. The molecule has 1 aliphatic carbocycles. The van der Waals surface area contributed by atoms with Gasteiger partial charge in [0.25, 0.3) is 10.1 Å². The van der Waals surface area contributed by atoms with Gasteiger partial charge in [0, 0.05) is 6.42 Å².